The highest BCUT2D eigenvalue weighted by molar-refractivity contribution is 5.80. The Labute approximate surface area is 112 Å². The second-order valence-corrected chi connectivity index (χ2v) is 4.34. The van der Waals surface area contributed by atoms with Crippen LogP contribution in [0.3, 0.4) is 0 Å². The van der Waals surface area contributed by atoms with Gasteiger partial charge in [0.25, 0.3) is 0 Å². The zero-order chi connectivity index (χ0) is 13.7. The topological polar surface area (TPSA) is 68.4 Å². The highest BCUT2D eigenvalue weighted by Crippen LogP contribution is 2.14. The lowest BCUT2D eigenvalue weighted by Crippen LogP contribution is -2.41. The van der Waals surface area contributed by atoms with E-state index in [1.165, 1.54) is 0 Å². The van der Waals surface area contributed by atoms with Crippen molar-refractivity contribution in [1.29, 1.82) is 0 Å². The minimum Gasteiger partial charge on any atom is -0.395 e. The fourth-order valence-electron chi connectivity index (χ4n) is 2.04. The van der Waals surface area contributed by atoms with Gasteiger partial charge in [0.2, 0.25) is 0 Å². The molecule has 0 radical (unpaired) electrons. The van der Waals surface area contributed by atoms with E-state index in [1.807, 2.05) is 37.3 Å². The third-order valence-electron chi connectivity index (χ3n) is 3.05. The van der Waals surface area contributed by atoms with Crippen LogP contribution in [0.5, 0.6) is 0 Å². The van der Waals surface area contributed by atoms with Gasteiger partial charge in [0.05, 0.1) is 13.2 Å². The van der Waals surface area contributed by atoms with Crippen molar-refractivity contribution in [2.45, 2.75) is 13.5 Å². The van der Waals surface area contributed by atoms with Gasteiger partial charge in [0.1, 0.15) is 0 Å². The number of hydrogen-bond donors (Lipinski definition) is 3. The van der Waals surface area contributed by atoms with Gasteiger partial charge in [-0.1, -0.05) is 18.2 Å². The van der Waals surface area contributed by atoms with E-state index in [2.05, 4.69) is 10.3 Å². The van der Waals surface area contributed by atoms with Crippen molar-refractivity contribution in [3.63, 3.8) is 0 Å². The number of amides is 2. The van der Waals surface area contributed by atoms with Crippen molar-refractivity contribution in [3.8, 4) is 0 Å². The molecule has 5 heteroatoms. The number of aliphatic hydroxyl groups excluding tert-OH is 1. The minimum atomic E-state index is -0.157. The predicted octanol–water partition coefficient (Wildman–Crippen LogP) is 1.69. The smallest absolute Gasteiger partial charge is 0.317 e. The van der Waals surface area contributed by atoms with Gasteiger partial charge in [-0.3, -0.25) is 0 Å². The maximum atomic E-state index is 11.8. The summed E-state index contributed by atoms with van der Waals surface area (Å²) in [6, 6.07) is 9.86. The fraction of sp³-hybridized carbons (Fsp3) is 0.357. The number of rotatable bonds is 5. The molecular weight excluding hydrogens is 242 g/mol. The van der Waals surface area contributed by atoms with Gasteiger partial charge in [-0.2, -0.15) is 0 Å². The van der Waals surface area contributed by atoms with Crippen LogP contribution < -0.4 is 5.32 Å². The molecule has 2 amide bonds. The van der Waals surface area contributed by atoms with Crippen molar-refractivity contribution >= 4 is 16.9 Å². The van der Waals surface area contributed by atoms with E-state index >= 15 is 0 Å². The third kappa shape index (κ3) is 3.26. The number of likely N-dealkylation sites (N-methyl/N-ethyl adjacent to an activating group) is 1. The molecule has 3 N–H and O–H groups in total. The van der Waals surface area contributed by atoms with Crippen molar-refractivity contribution < 1.29 is 9.90 Å². The molecule has 102 valence electrons. The lowest BCUT2D eigenvalue weighted by atomic mass is 10.2. The maximum absolute atomic E-state index is 11.8. The second-order valence-electron chi connectivity index (χ2n) is 4.34. The monoisotopic (exact) mass is 261 g/mol. The largest absolute Gasteiger partial charge is 0.395 e. The molecule has 0 aliphatic heterocycles. The van der Waals surface area contributed by atoms with E-state index < -0.39 is 0 Å². The molecule has 0 aliphatic rings. The van der Waals surface area contributed by atoms with Crippen LogP contribution in [0.2, 0.25) is 0 Å². The number of fused-ring (bicyclic) bond motifs is 1. The molecule has 0 aliphatic carbocycles. The summed E-state index contributed by atoms with van der Waals surface area (Å²) in [5.41, 5.74) is 2.03. The molecular formula is C14H19N3O2. The molecule has 0 fully saturated rings. The fourth-order valence-corrected chi connectivity index (χ4v) is 2.04. The van der Waals surface area contributed by atoms with Gasteiger partial charge in [-0.25, -0.2) is 4.79 Å². The number of para-hydroxylation sites is 1. The van der Waals surface area contributed by atoms with Gasteiger partial charge in [-0.15, -0.1) is 0 Å². The number of nitrogens with one attached hydrogen (secondary N) is 2. The van der Waals surface area contributed by atoms with E-state index in [1.54, 1.807) is 4.90 Å². The normalized spacial score (nSPS) is 10.6. The first-order chi connectivity index (χ1) is 9.24. The predicted molar refractivity (Wildman–Crippen MR) is 74.9 cm³/mol. The van der Waals surface area contributed by atoms with Crippen LogP contribution in [-0.2, 0) is 6.54 Å². The summed E-state index contributed by atoms with van der Waals surface area (Å²) in [5, 5.41) is 12.8. The summed E-state index contributed by atoms with van der Waals surface area (Å²) in [6.07, 6.45) is 0. The van der Waals surface area contributed by atoms with Crippen LogP contribution in [0.25, 0.3) is 10.9 Å². The van der Waals surface area contributed by atoms with Crippen LogP contribution in [-0.4, -0.2) is 40.7 Å². The Morgan fingerprint density at radius 1 is 1.42 bits per heavy atom. The van der Waals surface area contributed by atoms with E-state index in [0.717, 1.165) is 16.6 Å². The first kappa shape index (κ1) is 13.4. The standard InChI is InChI=1S/C14H19N3O2/c1-2-17(7-8-18)14(19)15-10-12-9-11-5-3-4-6-13(11)16-12/h3-6,9,16,18H,2,7-8,10H2,1H3,(H,15,19). The average Bonchev–Trinajstić information content (AvgIpc) is 2.85. The first-order valence-electron chi connectivity index (χ1n) is 6.45. The Balaban J connectivity index is 1.96. The molecule has 0 bridgehead atoms. The highest BCUT2D eigenvalue weighted by atomic mass is 16.3. The van der Waals surface area contributed by atoms with E-state index in [4.69, 9.17) is 5.11 Å². The van der Waals surface area contributed by atoms with Crippen molar-refractivity contribution in [2.24, 2.45) is 0 Å². The van der Waals surface area contributed by atoms with Crippen molar-refractivity contribution in [2.75, 3.05) is 19.7 Å². The van der Waals surface area contributed by atoms with Crippen molar-refractivity contribution in [1.82, 2.24) is 15.2 Å². The molecule has 1 heterocycles. The number of carbonyl (C=O) groups is 1. The third-order valence-corrected chi connectivity index (χ3v) is 3.05. The Morgan fingerprint density at radius 3 is 2.89 bits per heavy atom. The minimum absolute atomic E-state index is 0.0202. The molecule has 0 saturated carbocycles. The summed E-state index contributed by atoms with van der Waals surface area (Å²) in [4.78, 5) is 16.7. The molecule has 0 saturated heterocycles. The first-order valence-corrected chi connectivity index (χ1v) is 6.45. The zero-order valence-electron chi connectivity index (χ0n) is 11.0. The summed E-state index contributed by atoms with van der Waals surface area (Å²) in [5.74, 6) is 0. The molecule has 0 unspecified atom stereocenters. The van der Waals surface area contributed by atoms with Crippen LogP contribution in [0.1, 0.15) is 12.6 Å². The highest BCUT2D eigenvalue weighted by Gasteiger charge is 2.10. The lowest BCUT2D eigenvalue weighted by molar-refractivity contribution is 0.180. The van der Waals surface area contributed by atoms with Gasteiger partial charge in [0, 0.05) is 24.3 Å². The number of nitrogens with zero attached hydrogens (tertiary/aromatic N) is 1. The van der Waals surface area contributed by atoms with Crippen LogP contribution in [0.4, 0.5) is 4.79 Å². The quantitative estimate of drug-likeness (QED) is 0.766. The van der Waals surface area contributed by atoms with Gasteiger partial charge < -0.3 is 20.3 Å². The SMILES string of the molecule is CCN(CCO)C(=O)NCc1cc2ccccc2[nH]1. The van der Waals surface area contributed by atoms with Crippen LogP contribution in [0.15, 0.2) is 30.3 Å². The van der Waals surface area contributed by atoms with Crippen LogP contribution in [0, 0.1) is 0 Å². The number of aromatic nitrogens is 1. The molecule has 5 nitrogen and oxygen atoms in total. The number of aliphatic hydroxyl groups is 1. The molecule has 2 rings (SSSR count). The molecule has 0 atom stereocenters. The summed E-state index contributed by atoms with van der Waals surface area (Å²) >= 11 is 0. The maximum Gasteiger partial charge on any atom is 0.317 e. The Morgan fingerprint density at radius 2 is 2.21 bits per heavy atom. The Bertz CT molecular complexity index is 517. The number of urea groups is 1. The molecule has 1 aromatic heterocycles. The number of benzene rings is 1. The summed E-state index contributed by atoms with van der Waals surface area (Å²) < 4.78 is 0. The van der Waals surface area contributed by atoms with E-state index in [9.17, 15) is 4.79 Å². The number of carbonyl (C=O) groups excluding carboxylic acids is 1. The number of aromatic amines is 1. The lowest BCUT2D eigenvalue weighted by Gasteiger charge is -2.19. The summed E-state index contributed by atoms with van der Waals surface area (Å²) in [6.45, 7) is 3.26. The van der Waals surface area contributed by atoms with Gasteiger partial charge in [-0.05, 0) is 24.4 Å². The van der Waals surface area contributed by atoms with Crippen LogP contribution >= 0.6 is 0 Å². The molecule has 0 spiro atoms. The Hall–Kier alpha value is -2.01. The number of H-pyrrole nitrogens is 1. The van der Waals surface area contributed by atoms with Gasteiger partial charge >= 0.3 is 6.03 Å². The molecule has 2 aromatic rings. The Kier molecular flexibility index (Phi) is 4.41. The van der Waals surface area contributed by atoms with E-state index in [-0.39, 0.29) is 12.6 Å². The van der Waals surface area contributed by atoms with E-state index in [0.29, 0.717) is 19.6 Å². The summed E-state index contributed by atoms with van der Waals surface area (Å²) in [7, 11) is 0. The second kappa shape index (κ2) is 6.24. The number of hydrogen-bond acceptors (Lipinski definition) is 2. The average molecular weight is 261 g/mol. The van der Waals surface area contributed by atoms with Crippen molar-refractivity contribution in [3.05, 3.63) is 36.0 Å². The zero-order valence-corrected chi connectivity index (χ0v) is 11.0. The van der Waals surface area contributed by atoms with Gasteiger partial charge in [0.15, 0.2) is 0 Å². The molecule has 19 heavy (non-hydrogen) atoms. The molecule has 1 aromatic carbocycles.